The molecule has 4 N–H and O–H groups in total. The van der Waals surface area contributed by atoms with Gasteiger partial charge in [-0.05, 0) is 32.4 Å². The van der Waals surface area contributed by atoms with Crippen molar-refractivity contribution in [3.05, 3.63) is 23.9 Å². The summed E-state index contributed by atoms with van der Waals surface area (Å²) in [5.74, 6) is -0.601. The van der Waals surface area contributed by atoms with E-state index in [9.17, 15) is 13.2 Å². The molecule has 0 aromatic carbocycles. The lowest BCUT2D eigenvalue weighted by Crippen LogP contribution is -2.46. The Hall–Kier alpha value is -1.42. The lowest BCUT2D eigenvalue weighted by molar-refractivity contribution is -0.152. The Morgan fingerprint density at radius 3 is 2.54 bits per heavy atom. The van der Waals surface area contributed by atoms with Crippen molar-refractivity contribution in [2.45, 2.75) is 50.5 Å². The molecule has 3 rings (SSSR count). The number of ether oxygens (including phenoxy) is 3. The molecule has 136 valence electrons. The Bertz CT molecular complexity index is 554. The maximum atomic E-state index is 11.8. The zero-order chi connectivity index (χ0) is 18.0. The zero-order valence-corrected chi connectivity index (χ0v) is 13.5. The number of pyridine rings is 1. The molecule has 0 radical (unpaired) electrons. The second-order valence-corrected chi connectivity index (χ2v) is 6.02. The third kappa shape index (κ3) is 4.79. The van der Waals surface area contributed by atoms with Gasteiger partial charge in [-0.15, -0.1) is 0 Å². The molecule has 2 unspecified atom stereocenters. The molecule has 2 fully saturated rings. The molecule has 3 heterocycles. The van der Waals surface area contributed by atoms with Crippen molar-refractivity contribution in [2.24, 2.45) is 5.73 Å². The predicted molar refractivity (Wildman–Crippen MR) is 80.9 cm³/mol. The molecule has 24 heavy (non-hydrogen) atoms. The summed E-state index contributed by atoms with van der Waals surface area (Å²) in [6.45, 7) is 5.08. The number of anilines is 1. The number of halogens is 3. The van der Waals surface area contributed by atoms with Crippen molar-refractivity contribution in [1.82, 2.24) is 4.98 Å². The van der Waals surface area contributed by atoms with E-state index in [1.165, 1.54) is 12.1 Å². The quantitative estimate of drug-likeness (QED) is 0.805. The van der Waals surface area contributed by atoms with E-state index >= 15 is 0 Å². The first-order chi connectivity index (χ1) is 11.1. The van der Waals surface area contributed by atoms with Gasteiger partial charge in [-0.25, -0.2) is 4.98 Å². The van der Waals surface area contributed by atoms with Crippen LogP contribution >= 0.6 is 0 Å². The summed E-state index contributed by atoms with van der Waals surface area (Å²) in [5.41, 5.74) is 9.67. The van der Waals surface area contributed by atoms with Crippen LogP contribution in [0.4, 0.5) is 19.0 Å². The number of hydrogen-bond donors (Lipinski definition) is 2. The number of nitrogen functional groups attached to an aromatic ring is 1. The first-order valence-corrected chi connectivity index (χ1v) is 7.59. The first kappa shape index (κ1) is 18.9. The summed E-state index contributed by atoms with van der Waals surface area (Å²) in [5, 5.41) is 0. The van der Waals surface area contributed by atoms with Crippen molar-refractivity contribution in [1.29, 1.82) is 0 Å². The smallest absolute Gasteiger partial charge is 0.384 e. The van der Waals surface area contributed by atoms with Crippen LogP contribution in [0, 0.1) is 0 Å². The lowest BCUT2D eigenvalue weighted by atomic mass is 10.0. The minimum atomic E-state index is -4.41. The van der Waals surface area contributed by atoms with E-state index in [1.54, 1.807) is 0 Å². The van der Waals surface area contributed by atoms with Gasteiger partial charge in [-0.3, -0.25) is 0 Å². The summed E-state index contributed by atoms with van der Waals surface area (Å²) in [7, 11) is 0. The van der Waals surface area contributed by atoms with Gasteiger partial charge in [0.2, 0.25) is 0 Å². The van der Waals surface area contributed by atoms with E-state index < -0.39 is 17.7 Å². The SMILES string of the molecule is CC1(C)OC2C(CN)OCC[C@H]2O1.Nc1cccc(C(F)(F)F)n1. The fourth-order valence-electron chi connectivity index (χ4n) is 2.64. The Labute approximate surface area is 138 Å². The number of hydrogen-bond acceptors (Lipinski definition) is 6. The van der Waals surface area contributed by atoms with Gasteiger partial charge < -0.3 is 25.7 Å². The van der Waals surface area contributed by atoms with E-state index in [1.807, 2.05) is 13.8 Å². The van der Waals surface area contributed by atoms with Crippen molar-refractivity contribution in [3.63, 3.8) is 0 Å². The van der Waals surface area contributed by atoms with Gasteiger partial charge >= 0.3 is 6.18 Å². The van der Waals surface area contributed by atoms with Crippen LogP contribution in [0.5, 0.6) is 0 Å². The largest absolute Gasteiger partial charge is 0.433 e. The van der Waals surface area contributed by atoms with Crippen LogP contribution in [0.3, 0.4) is 0 Å². The number of nitrogens with zero attached hydrogens (tertiary/aromatic N) is 1. The summed E-state index contributed by atoms with van der Waals surface area (Å²) < 4.78 is 52.5. The summed E-state index contributed by atoms with van der Waals surface area (Å²) in [4.78, 5) is 3.10. The molecule has 1 aromatic rings. The molecule has 9 heteroatoms. The van der Waals surface area contributed by atoms with Crippen LogP contribution in [-0.2, 0) is 20.4 Å². The van der Waals surface area contributed by atoms with Gasteiger partial charge in [0.05, 0.1) is 12.2 Å². The van der Waals surface area contributed by atoms with E-state index in [4.69, 9.17) is 25.7 Å². The first-order valence-electron chi connectivity index (χ1n) is 7.59. The highest BCUT2D eigenvalue weighted by atomic mass is 19.4. The molecule has 2 aliphatic heterocycles. The number of aromatic nitrogens is 1. The number of rotatable bonds is 1. The van der Waals surface area contributed by atoms with E-state index in [0.717, 1.165) is 19.1 Å². The normalized spacial score (nSPS) is 28.7. The third-order valence-electron chi connectivity index (χ3n) is 3.62. The fraction of sp³-hybridized carbons (Fsp3) is 0.667. The Morgan fingerprint density at radius 1 is 1.29 bits per heavy atom. The van der Waals surface area contributed by atoms with Crippen molar-refractivity contribution < 1.29 is 27.4 Å². The second kappa shape index (κ2) is 7.22. The van der Waals surface area contributed by atoms with Crippen LogP contribution < -0.4 is 11.5 Å². The molecular formula is C15H22F3N3O3. The Morgan fingerprint density at radius 2 is 2.00 bits per heavy atom. The second-order valence-electron chi connectivity index (χ2n) is 6.02. The monoisotopic (exact) mass is 349 g/mol. The van der Waals surface area contributed by atoms with Crippen LogP contribution in [0.15, 0.2) is 18.2 Å². The van der Waals surface area contributed by atoms with E-state index in [-0.39, 0.29) is 24.1 Å². The average molecular weight is 349 g/mol. The Balaban J connectivity index is 0.000000177. The number of alkyl halides is 3. The molecule has 0 saturated carbocycles. The molecule has 0 aliphatic carbocycles. The minimum absolute atomic E-state index is 0.000486. The topological polar surface area (TPSA) is 92.6 Å². The minimum Gasteiger partial charge on any atom is -0.384 e. The zero-order valence-electron chi connectivity index (χ0n) is 13.5. The number of nitrogens with two attached hydrogens (primary N) is 2. The lowest BCUT2D eigenvalue weighted by Gasteiger charge is -2.30. The van der Waals surface area contributed by atoms with Crippen LogP contribution in [-0.4, -0.2) is 42.2 Å². The van der Waals surface area contributed by atoms with Crippen molar-refractivity contribution in [3.8, 4) is 0 Å². The Kier molecular flexibility index (Phi) is 5.69. The molecule has 1 aromatic heterocycles. The van der Waals surface area contributed by atoms with Gasteiger partial charge in [0.15, 0.2) is 5.79 Å². The third-order valence-corrected chi connectivity index (χ3v) is 3.62. The predicted octanol–water partition coefficient (Wildman–Crippen LogP) is 1.94. The van der Waals surface area contributed by atoms with Gasteiger partial charge in [0.25, 0.3) is 0 Å². The maximum Gasteiger partial charge on any atom is 0.433 e. The highest BCUT2D eigenvalue weighted by Gasteiger charge is 2.47. The molecule has 6 nitrogen and oxygen atoms in total. The fourth-order valence-corrected chi connectivity index (χ4v) is 2.64. The molecule has 0 amide bonds. The maximum absolute atomic E-state index is 11.8. The molecule has 0 spiro atoms. The van der Waals surface area contributed by atoms with Gasteiger partial charge in [-0.2, -0.15) is 13.2 Å². The highest BCUT2D eigenvalue weighted by molar-refractivity contribution is 5.29. The van der Waals surface area contributed by atoms with Crippen LogP contribution in [0.1, 0.15) is 26.0 Å². The average Bonchev–Trinajstić information content (AvgIpc) is 2.80. The number of fused-ring (bicyclic) bond motifs is 1. The van der Waals surface area contributed by atoms with Crippen molar-refractivity contribution >= 4 is 5.82 Å². The molecule has 3 atom stereocenters. The molecular weight excluding hydrogens is 327 g/mol. The highest BCUT2D eigenvalue weighted by Crippen LogP contribution is 2.34. The van der Waals surface area contributed by atoms with Gasteiger partial charge in [0, 0.05) is 13.2 Å². The summed E-state index contributed by atoms with van der Waals surface area (Å²) in [6.07, 6.45) is -3.31. The molecule has 2 saturated heterocycles. The standard InChI is InChI=1S/C9H17NO3.C6H5F3N2/c1-9(2)12-6-3-4-11-7(5-10)8(6)13-9;7-6(8,9)4-2-1-3-5(10)11-4/h6-8H,3-5,10H2,1-2H3;1-3H,(H2,10,11)/t6-,7?,8?;/m1./s1. The molecule has 2 aliphatic rings. The van der Waals surface area contributed by atoms with Gasteiger partial charge in [0.1, 0.15) is 17.6 Å². The summed E-state index contributed by atoms with van der Waals surface area (Å²) in [6, 6.07) is 3.39. The van der Waals surface area contributed by atoms with Crippen molar-refractivity contribution in [2.75, 3.05) is 18.9 Å². The summed E-state index contributed by atoms with van der Waals surface area (Å²) >= 11 is 0. The van der Waals surface area contributed by atoms with E-state index in [2.05, 4.69) is 4.98 Å². The molecule has 0 bridgehead atoms. The van der Waals surface area contributed by atoms with E-state index in [0.29, 0.717) is 6.54 Å². The van der Waals surface area contributed by atoms with Gasteiger partial charge in [-0.1, -0.05) is 6.07 Å². The van der Waals surface area contributed by atoms with Crippen LogP contribution in [0.25, 0.3) is 0 Å². The van der Waals surface area contributed by atoms with Crippen LogP contribution in [0.2, 0.25) is 0 Å².